The summed E-state index contributed by atoms with van der Waals surface area (Å²) in [5, 5.41) is 11.8. The van der Waals surface area contributed by atoms with Crippen molar-refractivity contribution in [1.82, 2.24) is 4.90 Å². The van der Waals surface area contributed by atoms with Crippen molar-refractivity contribution in [2.24, 2.45) is 0 Å². The van der Waals surface area contributed by atoms with Gasteiger partial charge in [-0.15, -0.1) is 0 Å². The highest BCUT2D eigenvalue weighted by molar-refractivity contribution is 5.90. The van der Waals surface area contributed by atoms with Crippen molar-refractivity contribution < 1.29 is 23.5 Å². The lowest BCUT2D eigenvalue weighted by Gasteiger charge is -2.62. The van der Waals surface area contributed by atoms with Crippen LogP contribution in [0, 0.1) is 0 Å². The number of likely N-dealkylation sites (tertiary alicyclic amines) is 1. The van der Waals surface area contributed by atoms with E-state index in [-0.39, 0.29) is 24.0 Å². The minimum absolute atomic E-state index is 0.0261. The van der Waals surface area contributed by atoms with Gasteiger partial charge < -0.3 is 19.5 Å². The first-order valence-corrected chi connectivity index (χ1v) is 8.15. The van der Waals surface area contributed by atoms with Crippen LogP contribution in [-0.2, 0) is 16.6 Å². The number of hydrogen-bond donors (Lipinski definition) is 1. The van der Waals surface area contributed by atoms with Crippen LogP contribution in [0.4, 0.5) is 0 Å². The zero-order chi connectivity index (χ0) is 18.5. The molecule has 5 nitrogen and oxygen atoms in total. The topological polar surface area (TPSA) is 59.0 Å². The molecule has 2 fully saturated rings. The van der Waals surface area contributed by atoms with Crippen LogP contribution in [0.1, 0.15) is 34.5 Å². The second-order valence-corrected chi connectivity index (χ2v) is 7.34. The molecule has 5 heteroatoms. The lowest BCUT2D eigenvalue weighted by Crippen LogP contribution is -2.76. The molecule has 23 heavy (non-hydrogen) atoms. The van der Waals surface area contributed by atoms with Gasteiger partial charge >= 0.3 is 0 Å². The minimum atomic E-state index is -2.61. The zero-order valence-corrected chi connectivity index (χ0v) is 13.0. The summed E-state index contributed by atoms with van der Waals surface area (Å²) in [6.07, 6.45) is 1.16. The number of piperidine rings is 1. The smallest absolute Gasteiger partial charge is 0.174 e. The number of nitrogens with zero attached hydrogens (tertiary/aromatic N) is 1. The molecule has 0 radical (unpaired) electrons. The maximum atomic E-state index is 12.7. The van der Waals surface area contributed by atoms with Crippen molar-refractivity contribution in [2.45, 2.75) is 48.8 Å². The lowest BCUT2D eigenvalue weighted by molar-refractivity contribution is -0.185. The van der Waals surface area contributed by atoms with Crippen LogP contribution in [0.15, 0.2) is 12.1 Å². The molecule has 2 aliphatic carbocycles. The number of aliphatic hydroxyl groups is 1. The summed E-state index contributed by atoms with van der Waals surface area (Å²) in [4.78, 5) is 14.9. The van der Waals surface area contributed by atoms with E-state index >= 15 is 0 Å². The predicted molar refractivity (Wildman–Crippen MR) is 83.0 cm³/mol. The maximum absolute atomic E-state index is 12.7. The molecule has 0 aromatic heterocycles. The molecule has 1 aromatic rings. The van der Waals surface area contributed by atoms with Gasteiger partial charge in [-0.3, -0.25) is 4.79 Å². The predicted octanol–water partition coefficient (Wildman–Crippen LogP) is 1.05. The summed E-state index contributed by atoms with van der Waals surface area (Å²) in [5.74, 6) is 0.433. The molecule has 1 aromatic carbocycles. The van der Waals surface area contributed by atoms with Gasteiger partial charge in [0.1, 0.15) is 0 Å². The molecule has 0 unspecified atom stereocenters. The molecule has 4 atom stereocenters. The van der Waals surface area contributed by atoms with E-state index in [1.165, 1.54) is 0 Å². The average molecular weight is 318 g/mol. The monoisotopic (exact) mass is 318 g/mol. The molecular formula is C18H21NO4. The Bertz CT molecular complexity index is 825. The Morgan fingerprint density at radius 2 is 2.35 bits per heavy atom. The van der Waals surface area contributed by atoms with E-state index in [0.29, 0.717) is 25.0 Å². The molecule has 2 bridgehead atoms. The molecule has 1 N–H and O–H groups in total. The minimum Gasteiger partial charge on any atom is -0.493 e. The van der Waals surface area contributed by atoms with E-state index in [0.717, 1.165) is 17.7 Å². The molecule has 1 saturated heterocycles. The van der Waals surface area contributed by atoms with E-state index in [1.54, 1.807) is 6.07 Å². The van der Waals surface area contributed by atoms with E-state index in [2.05, 4.69) is 4.90 Å². The van der Waals surface area contributed by atoms with E-state index < -0.39 is 24.2 Å². The highest BCUT2D eigenvalue weighted by Gasteiger charge is 2.72. The Morgan fingerprint density at radius 3 is 3.17 bits per heavy atom. The molecule has 5 rings (SSSR count). The molecule has 2 heterocycles. The molecule has 0 amide bonds. The fourth-order valence-electron chi connectivity index (χ4n) is 5.60. The fraction of sp³-hybridized carbons (Fsp3) is 0.611. The van der Waals surface area contributed by atoms with Crippen LogP contribution in [0.3, 0.4) is 0 Å². The van der Waals surface area contributed by atoms with Crippen LogP contribution in [0.25, 0.3) is 0 Å². The molecule has 4 aliphatic rings. The third-order valence-corrected chi connectivity index (χ3v) is 6.62. The van der Waals surface area contributed by atoms with Gasteiger partial charge in [-0.25, -0.2) is 0 Å². The third kappa shape index (κ3) is 1.32. The molecule has 1 spiro atoms. The number of rotatable bonds is 1. The quantitative estimate of drug-likeness (QED) is 0.839. The van der Waals surface area contributed by atoms with Crippen molar-refractivity contribution in [2.75, 3.05) is 20.6 Å². The first kappa shape index (κ1) is 11.0. The number of benzene rings is 1. The van der Waals surface area contributed by atoms with Gasteiger partial charge in [-0.05, 0) is 44.5 Å². The maximum Gasteiger partial charge on any atom is 0.174 e. The lowest BCUT2D eigenvalue weighted by atomic mass is 9.49. The SMILES string of the molecule is [2H]C([2H])([2H])Oc1ccc2c3c1O[C@H]1C(=O)CC[C@@]4(O)[C@@H](C2)N(C)CC[C@]314. The highest BCUT2D eigenvalue weighted by Crippen LogP contribution is 2.64. The Balaban J connectivity index is 1.77. The Morgan fingerprint density at radius 1 is 1.48 bits per heavy atom. The Kier molecular flexibility index (Phi) is 1.96. The van der Waals surface area contributed by atoms with E-state index in [1.807, 2.05) is 13.1 Å². The number of ketones is 1. The van der Waals surface area contributed by atoms with Gasteiger partial charge in [0.15, 0.2) is 23.4 Å². The first-order chi connectivity index (χ1) is 12.2. The third-order valence-electron chi connectivity index (χ3n) is 6.62. The number of carbonyl (C=O) groups excluding carboxylic acids is 1. The van der Waals surface area contributed by atoms with E-state index in [9.17, 15) is 9.90 Å². The summed E-state index contributed by atoms with van der Waals surface area (Å²) in [6, 6.07) is 3.39. The van der Waals surface area contributed by atoms with Crippen molar-refractivity contribution in [3.8, 4) is 11.5 Å². The number of carbonyl (C=O) groups is 1. The highest BCUT2D eigenvalue weighted by atomic mass is 16.5. The van der Waals surface area contributed by atoms with E-state index in [4.69, 9.17) is 13.6 Å². The molecule has 122 valence electrons. The summed E-state index contributed by atoms with van der Waals surface area (Å²) in [7, 11) is -0.599. The van der Waals surface area contributed by atoms with Gasteiger partial charge in [-0.2, -0.15) is 0 Å². The van der Waals surface area contributed by atoms with Crippen LogP contribution in [-0.4, -0.2) is 54.2 Å². The molecule has 2 aliphatic heterocycles. The van der Waals surface area contributed by atoms with Gasteiger partial charge in [0.05, 0.1) is 22.2 Å². The second kappa shape index (κ2) is 4.08. The van der Waals surface area contributed by atoms with Crippen LogP contribution in [0.5, 0.6) is 11.5 Å². The number of methoxy groups -OCH3 is 1. The summed E-state index contributed by atoms with van der Waals surface area (Å²) >= 11 is 0. The fourth-order valence-corrected chi connectivity index (χ4v) is 5.60. The van der Waals surface area contributed by atoms with Crippen LogP contribution in [0.2, 0.25) is 0 Å². The van der Waals surface area contributed by atoms with Gasteiger partial charge in [0.25, 0.3) is 0 Å². The van der Waals surface area contributed by atoms with Crippen molar-refractivity contribution >= 4 is 5.78 Å². The molecule has 1 saturated carbocycles. The normalized spacial score (nSPS) is 43.0. The van der Waals surface area contributed by atoms with Gasteiger partial charge in [0, 0.05) is 18.0 Å². The van der Waals surface area contributed by atoms with Gasteiger partial charge in [-0.1, -0.05) is 6.07 Å². The Labute approximate surface area is 139 Å². The summed E-state index contributed by atoms with van der Waals surface area (Å²) < 4.78 is 33.5. The van der Waals surface area contributed by atoms with Gasteiger partial charge in [0.2, 0.25) is 0 Å². The van der Waals surface area contributed by atoms with Crippen molar-refractivity contribution in [3.63, 3.8) is 0 Å². The van der Waals surface area contributed by atoms with Crippen molar-refractivity contribution in [3.05, 3.63) is 23.3 Å². The second-order valence-electron chi connectivity index (χ2n) is 7.34. The largest absolute Gasteiger partial charge is 0.493 e. The van der Waals surface area contributed by atoms with Crippen LogP contribution < -0.4 is 9.47 Å². The van der Waals surface area contributed by atoms with Crippen molar-refractivity contribution in [1.29, 1.82) is 0 Å². The zero-order valence-electron chi connectivity index (χ0n) is 16.0. The Hall–Kier alpha value is -1.59. The average Bonchev–Trinajstić information content (AvgIpc) is 2.90. The van der Waals surface area contributed by atoms with Crippen LogP contribution >= 0.6 is 0 Å². The summed E-state index contributed by atoms with van der Waals surface area (Å²) in [5.41, 5.74) is -0.0631. The number of hydrogen-bond acceptors (Lipinski definition) is 5. The number of Topliss-reactive ketones (excluding diaryl/α,β-unsaturated/α-hetero) is 1. The number of likely N-dealkylation sites (N-methyl/N-ethyl adjacent to an activating group) is 1. The molecular weight excluding hydrogens is 294 g/mol. The standard InChI is InChI=1S/C18H21NO4/c1-19-8-7-17-14-10-3-4-12(22-2)15(14)23-16(17)11(20)5-6-18(17,21)13(19)9-10/h3-4,13,16,21H,5-9H2,1-2H3/t13-,16+,17+,18-/m1/s1/i2D3. The first-order valence-electron chi connectivity index (χ1n) is 9.65. The summed E-state index contributed by atoms with van der Waals surface area (Å²) in [6.45, 7) is 0.753. The number of ether oxygens (including phenoxy) is 2.